The summed E-state index contributed by atoms with van der Waals surface area (Å²) in [7, 11) is -6.19. The standard InChI is InChI=1S/C19H22N2O6S2/c1-14-13-15(21-11-5-6-12-28(21,23)24)9-10-18(14)29(25,26)20-17-8-4-3-7-16(17)19(22)27-2/h3-4,7-10,13,20H,5-6,11-12H2,1-2H3. The van der Waals surface area contributed by atoms with Crippen LogP contribution in [0.1, 0.15) is 28.8 Å². The van der Waals surface area contributed by atoms with E-state index in [2.05, 4.69) is 9.46 Å². The molecule has 0 saturated carbocycles. The molecular formula is C19H22N2O6S2. The smallest absolute Gasteiger partial charge is 0.339 e. The number of para-hydroxylation sites is 1. The van der Waals surface area contributed by atoms with Crippen molar-refractivity contribution in [1.29, 1.82) is 0 Å². The zero-order valence-corrected chi connectivity index (χ0v) is 17.7. The van der Waals surface area contributed by atoms with Crippen LogP contribution in [0.3, 0.4) is 0 Å². The Morgan fingerprint density at radius 2 is 1.86 bits per heavy atom. The van der Waals surface area contributed by atoms with Crippen molar-refractivity contribution in [3.05, 3.63) is 53.6 Å². The summed E-state index contributed by atoms with van der Waals surface area (Å²) < 4.78 is 58.8. The van der Waals surface area contributed by atoms with E-state index in [1.165, 1.54) is 35.7 Å². The molecule has 1 aliphatic rings. The molecular weight excluding hydrogens is 416 g/mol. The molecule has 3 rings (SSSR count). The van der Waals surface area contributed by atoms with Crippen LogP contribution in [0.5, 0.6) is 0 Å². The number of carbonyl (C=O) groups is 1. The molecule has 2 aromatic rings. The van der Waals surface area contributed by atoms with E-state index in [9.17, 15) is 21.6 Å². The molecule has 0 aliphatic carbocycles. The van der Waals surface area contributed by atoms with Gasteiger partial charge in [-0.1, -0.05) is 12.1 Å². The fourth-order valence-corrected chi connectivity index (χ4v) is 6.17. The third kappa shape index (κ3) is 4.38. The number of hydrogen-bond acceptors (Lipinski definition) is 6. The fraction of sp³-hybridized carbons (Fsp3) is 0.316. The first-order chi connectivity index (χ1) is 13.7. The van der Waals surface area contributed by atoms with Crippen molar-refractivity contribution in [2.24, 2.45) is 0 Å². The summed E-state index contributed by atoms with van der Waals surface area (Å²) in [4.78, 5) is 11.9. The molecule has 0 aromatic heterocycles. The SMILES string of the molecule is COC(=O)c1ccccc1NS(=O)(=O)c1ccc(N2CCCCS2(=O)=O)cc1C. The molecule has 0 spiro atoms. The lowest BCUT2D eigenvalue weighted by atomic mass is 10.2. The molecule has 29 heavy (non-hydrogen) atoms. The Morgan fingerprint density at radius 1 is 1.14 bits per heavy atom. The third-order valence-electron chi connectivity index (χ3n) is 4.66. The van der Waals surface area contributed by atoms with Gasteiger partial charge in [-0.3, -0.25) is 9.03 Å². The van der Waals surface area contributed by atoms with Crippen molar-refractivity contribution >= 4 is 37.4 Å². The predicted octanol–water partition coefficient (Wildman–Crippen LogP) is 2.51. The first-order valence-electron chi connectivity index (χ1n) is 8.97. The topological polar surface area (TPSA) is 110 Å². The molecule has 0 atom stereocenters. The number of methoxy groups -OCH3 is 1. The molecule has 0 bridgehead atoms. The number of sulfonamides is 2. The molecule has 1 saturated heterocycles. The van der Waals surface area contributed by atoms with Crippen LogP contribution < -0.4 is 9.03 Å². The van der Waals surface area contributed by atoms with Gasteiger partial charge in [0, 0.05) is 6.54 Å². The third-order valence-corrected chi connectivity index (χ3v) is 8.06. The van der Waals surface area contributed by atoms with Gasteiger partial charge in [0.25, 0.3) is 10.0 Å². The van der Waals surface area contributed by atoms with Gasteiger partial charge in [-0.25, -0.2) is 21.6 Å². The van der Waals surface area contributed by atoms with Gasteiger partial charge in [-0.15, -0.1) is 0 Å². The Morgan fingerprint density at radius 3 is 2.52 bits per heavy atom. The highest BCUT2D eigenvalue weighted by Gasteiger charge is 2.27. The molecule has 156 valence electrons. The van der Waals surface area contributed by atoms with E-state index in [4.69, 9.17) is 0 Å². The van der Waals surface area contributed by atoms with Crippen LogP contribution in [0.4, 0.5) is 11.4 Å². The summed E-state index contributed by atoms with van der Waals surface area (Å²) in [6.45, 7) is 1.97. The van der Waals surface area contributed by atoms with Gasteiger partial charge in [0.1, 0.15) is 0 Å². The first-order valence-corrected chi connectivity index (χ1v) is 12.1. The van der Waals surface area contributed by atoms with Crippen molar-refractivity contribution in [1.82, 2.24) is 0 Å². The lowest BCUT2D eigenvalue weighted by Crippen LogP contribution is -2.37. The average Bonchev–Trinajstić information content (AvgIpc) is 2.67. The second-order valence-corrected chi connectivity index (χ2v) is 10.4. The number of anilines is 2. The Balaban J connectivity index is 1.94. The first kappa shape index (κ1) is 21.1. The number of nitrogens with one attached hydrogen (secondary N) is 1. The minimum atomic E-state index is -4.01. The van der Waals surface area contributed by atoms with Crippen molar-refractivity contribution in [3.8, 4) is 0 Å². The van der Waals surface area contributed by atoms with Crippen LogP contribution in [-0.2, 0) is 24.8 Å². The molecule has 2 aromatic carbocycles. The largest absolute Gasteiger partial charge is 0.465 e. The quantitative estimate of drug-likeness (QED) is 0.719. The summed E-state index contributed by atoms with van der Waals surface area (Å²) >= 11 is 0. The van der Waals surface area contributed by atoms with E-state index in [1.54, 1.807) is 25.1 Å². The molecule has 1 N–H and O–H groups in total. The van der Waals surface area contributed by atoms with Crippen molar-refractivity contribution in [2.45, 2.75) is 24.7 Å². The minimum absolute atomic E-state index is 0.00433. The van der Waals surface area contributed by atoms with E-state index in [0.29, 0.717) is 24.2 Å². The van der Waals surface area contributed by atoms with Crippen LogP contribution >= 0.6 is 0 Å². The van der Waals surface area contributed by atoms with Crippen LogP contribution in [0.15, 0.2) is 47.4 Å². The van der Waals surface area contributed by atoms with Gasteiger partial charge in [0.15, 0.2) is 0 Å². The van der Waals surface area contributed by atoms with E-state index in [-0.39, 0.29) is 21.9 Å². The molecule has 1 fully saturated rings. The summed E-state index contributed by atoms with van der Waals surface area (Å²) in [6, 6.07) is 10.5. The zero-order chi connectivity index (χ0) is 21.2. The monoisotopic (exact) mass is 438 g/mol. The average molecular weight is 439 g/mol. The molecule has 8 nitrogen and oxygen atoms in total. The summed E-state index contributed by atoms with van der Waals surface area (Å²) in [5.74, 6) is -0.580. The van der Waals surface area contributed by atoms with E-state index >= 15 is 0 Å². The second kappa shape index (κ2) is 8.03. The minimum Gasteiger partial charge on any atom is -0.465 e. The Bertz CT molecular complexity index is 1140. The molecule has 0 unspecified atom stereocenters. The predicted molar refractivity (Wildman–Crippen MR) is 110 cm³/mol. The maximum Gasteiger partial charge on any atom is 0.339 e. The highest BCUT2D eigenvalue weighted by molar-refractivity contribution is 7.93. The number of aryl methyl sites for hydroxylation is 1. The van der Waals surface area contributed by atoms with Crippen molar-refractivity contribution in [2.75, 3.05) is 28.4 Å². The Kier molecular flexibility index (Phi) is 5.85. The fourth-order valence-electron chi connectivity index (χ4n) is 3.23. The highest BCUT2D eigenvalue weighted by atomic mass is 32.2. The van der Waals surface area contributed by atoms with Crippen LogP contribution in [0, 0.1) is 6.92 Å². The van der Waals surface area contributed by atoms with Crippen LogP contribution in [0.2, 0.25) is 0 Å². The van der Waals surface area contributed by atoms with E-state index < -0.39 is 26.0 Å². The molecule has 0 amide bonds. The normalized spacial score (nSPS) is 16.3. The van der Waals surface area contributed by atoms with Crippen molar-refractivity contribution < 1.29 is 26.4 Å². The number of rotatable bonds is 5. The highest BCUT2D eigenvalue weighted by Crippen LogP contribution is 2.29. The Hall–Kier alpha value is -2.59. The van der Waals surface area contributed by atoms with E-state index in [1.807, 2.05) is 0 Å². The van der Waals surface area contributed by atoms with E-state index in [0.717, 1.165) is 6.42 Å². The molecule has 10 heteroatoms. The van der Waals surface area contributed by atoms with Gasteiger partial charge in [0.05, 0.1) is 34.7 Å². The number of nitrogens with zero attached hydrogens (tertiary/aromatic N) is 1. The second-order valence-electron chi connectivity index (χ2n) is 6.69. The number of carbonyl (C=O) groups excluding carboxylic acids is 1. The number of benzene rings is 2. The lowest BCUT2D eigenvalue weighted by Gasteiger charge is -2.28. The lowest BCUT2D eigenvalue weighted by molar-refractivity contribution is 0.0602. The molecule has 1 aliphatic heterocycles. The van der Waals surface area contributed by atoms with Gasteiger partial charge in [-0.2, -0.15) is 0 Å². The number of ether oxygens (including phenoxy) is 1. The molecule has 0 radical (unpaired) electrons. The van der Waals surface area contributed by atoms with Gasteiger partial charge >= 0.3 is 5.97 Å². The Labute approximate surface area is 170 Å². The van der Waals surface area contributed by atoms with Gasteiger partial charge in [0.2, 0.25) is 10.0 Å². The van der Waals surface area contributed by atoms with Crippen LogP contribution in [-0.4, -0.2) is 42.2 Å². The van der Waals surface area contributed by atoms with Crippen molar-refractivity contribution in [3.63, 3.8) is 0 Å². The molecule has 1 heterocycles. The number of esters is 1. The summed E-state index contributed by atoms with van der Waals surface area (Å²) in [5.41, 5.74) is 1.02. The van der Waals surface area contributed by atoms with Gasteiger partial charge in [-0.05, 0) is 55.7 Å². The van der Waals surface area contributed by atoms with Crippen LogP contribution in [0.25, 0.3) is 0 Å². The zero-order valence-electron chi connectivity index (χ0n) is 16.1. The summed E-state index contributed by atoms with van der Waals surface area (Å²) in [5, 5.41) is 0. The van der Waals surface area contributed by atoms with Gasteiger partial charge < -0.3 is 4.74 Å². The number of hydrogen-bond donors (Lipinski definition) is 1. The maximum absolute atomic E-state index is 12.9. The maximum atomic E-state index is 12.9. The summed E-state index contributed by atoms with van der Waals surface area (Å²) in [6.07, 6.45) is 1.37.